The second-order valence-corrected chi connectivity index (χ2v) is 6.49. The number of oxazole rings is 1. The molecule has 2 unspecified atom stereocenters. The normalized spacial score (nSPS) is 27.0. The summed E-state index contributed by atoms with van der Waals surface area (Å²) >= 11 is 0. The quantitative estimate of drug-likeness (QED) is 0.810. The summed E-state index contributed by atoms with van der Waals surface area (Å²) in [6, 6.07) is 5.43. The van der Waals surface area contributed by atoms with Gasteiger partial charge in [-0.3, -0.25) is 9.36 Å². The third-order valence-electron chi connectivity index (χ3n) is 5.01. The van der Waals surface area contributed by atoms with Gasteiger partial charge in [0.15, 0.2) is 11.4 Å². The number of Topliss-reactive ketones (excluding diaryl/α,β-unsaturated/α-hetero) is 1. The van der Waals surface area contributed by atoms with Crippen LogP contribution in [0.3, 0.4) is 0 Å². The topological polar surface area (TPSA) is 52.2 Å². The van der Waals surface area contributed by atoms with Crippen LogP contribution in [0.1, 0.15) is 43.0 Å². The molecular formula is C17H19NO3. The summed E-state index contributed by atoms with van der Waals surface area (Å²) < 4.78 is 6.92. The lowest BCUT2D eigenvalue weighted by molar-refractivity contribution is 0.0914. The molecule has 1 aromatic heterocycles. The molecule has 2 aliphatic carbocycles. The lowest BCUT2D eigenvalue weighted by Crippen LogP contribution is -2.14. The van der Waals surface area contributed by atoms with E-state index >= 15 is 0 Å². The molecule has 21 heavy (non-hydrogen) atoms. The smallest absolute Gasteiger partial charge is 0.408 e. The molecule has 4 rings (SSSR count). The van der Waals surface area contributed by atoms with Crippen molar-refractivity contribution in [3.8, 4) is 0 Å². The van der Waals surface area contributed by atoms with Crippen molar-refractivity contribution in [3.05, 3.63) is 34.3 Å². The summed E-state index contributed by atoms with van der Waals surface area (Å²) in [6.45, 7) is 2.67. The van der Waals surface area contributed by atoms with Gasteiger partial charge in [0.05, 0.1) is 5.52 Å². The van der Waals surface area contributed by atoms with Crippen LogP contribution in [0.2, 0.25) is 0 Å². The van der Waals surface area contributed by atoms with Crippen molar-refractivity contribution < 1.29 is 9.21 Å². The molecule has 4 nitrogen and oxygen atoms in total. The van der Waals surface area contributed by atoms with Gasteiger partial charge in [-0.25, -0.2) is 4.79 Å². The van der Waals surface area contributed by atoms with Crippen molar-refractivity contribution in [1.82, 2.24) is 4.57 Å². The Bertz CT molecular complexity index is 760. The SMILES string of the molecule is CCCn1c(=O)oc2cc(C(=O)C3CC4CC4C3)ccc21. The highest BCUT2D eigenvalue weighted by atomic mass is 16.4. The summed E-state index contributed by atoms with van der Waals surface area (Å²) in [7, 11) is 0. The van der Waals surface area contributed by atoms with Gasteiger partial charge in [-0.2, -0.15) is 0 Å². The average molecular weight is 285 g/mol. The maximum atomic E-state index is 12.5. The van der Waals surface area contributed by atoms with E-state index in [1.54, 1.807) is 10.6 Å². The third kappa shape index (κ3) is 2.04. The number of fused-ring (bicyclic) bond motifs is 2. The number of hydrogen-bond acceptors (Lipinski definition) is 3. The summed E-state index contributed by atoms with van der Waals surface area (Å²) in [6.07, 6.45) is 4.28. The first-order chi connectivity index (χ1) is 10.2. The Morgan fingerprint density at radius 2 is 2.05 bits per heavy atom. The number of carbonyl (C=O) groups is 1. The minimum Gasteiger partial charge on any atom is -0.408 e. The molecular weight excluding hydrogens is 266 g/mol. The van der Waals surface area contributed by atoms with E-state index in [1.165, 1.54) is 6.42 Å². The highest BCUT2D eigenvalue weighted by molar-refractivity contribution is 6.00. The maximum absolute atomic E-state index is 12.5. The predicted molar refractivity (Wildman–Crippen MR) is 79.4 cm³/mol. The number of hydrogen-bond donors (Lipinski definition) is 0. The number of rotatable bonds is 4. The minimum absolute atomic E-state index is 0.177. The summed E-state index contributed by atoms with van der Waals surface area (Å²) in [4.78, 5) is 24.4. The molecule has 0 radical (unpaired) electrons. The zero-order chi connectivity index (χ0) is 14.6. The van der Waals surface area contributed by atoms with Crippen LogP contribution in [-0.2, 0) is 6.54 Å². The standard InChI is InChI=1S/C17H19NO3/c1-2-5-18-14-4-3-10(9-15(14)21-17(18)20)16(19)13-7-11-6-12(11)8-13/h3-4,9,11-13H,2,5-8H2,1H3. The Labute approximate surface area is 122 Å². The number of carbonyl (C=O) groups excluding carboxylic acids is 1. The van der Waals surface area contributed by atoms with E-state index in [2.05, 4.69) is 0 Å². The second-order valence-electron chi connectivity index (χ2n) is 6.49. The zero-order valence-corrected chi connectivity index (χ0v) is 12.2. The molecule has 0 amide bonds. The number of aryl methyl sites for hydroxylation is 1. The number of ketones is 1. The Kier molecular flexibility index (Phi) is 2.81. The Morgan fingerprint density at radius 1 is 1.29 bits per heavy atom. The van der Waals surface area contributed by atoms with Gasteiger partial charge in [0.1, 0.15) is 0 Å². The van der Waals surface area contributed by atoms with Crippen molar-refractivity contribution in [2.45, 2.75) is 39.2 Å². The fraction of sp³-hybridized carbons (Fsp3) is 0.529. The molecule has 2 aliphatic rings. The van der Waals surface area contributed by atoms with Gasteiger partial charge in [0.25, 0.3) is 0 Å². The van der Waals surface area contributed by atoms with Crippen LogP contribution in [0.4, 0.5) is 0 Å². The molecule has 2 saturated carbocycles. The van der Waals surface area contributed by atoms with Crippen LogP contribution in [0.15, 0.2) is 27.4 Å². The number of benzene rings is 1. The van der Waals surface area contributed by atoms with E-state index < -0.39 is 0 Å². The monoisotopic (exact) mass is 285 g/mol. The molecule has 4 heteroatoms. The highest BCUT2D eigenvalue weighted by Gasteiger charge is 2.48. The van der Waals surface area contributed by atoms with Crippen molar-refractivity contribution >= 4 is 16.9 Å². The average Bonchev–Trinajstić information content (AvgIpc) is 2.96. The molecule has 0 saturated heterocycles. The van der Waals surface area contributed by atoms with Gasteiger partial charge >= 0.3 is 5.76 Å². The fourth-order valence-corrected chi connectivity index (χ4v) is 3.82. The summed E-state index contributed by atoms with van der Waals surface area (Å²) in [5.41, 5.74) is 2.00. The summed E-state index contributed by atoms with van der Waals surface area (Å²) in [5, 5.41) is 0. The molecule has 2 atom stereocenters. The summed E-state index contributed by atoms with van der Waals surface area (Å²) in [5.74, 6) is 1.65. The van der Waals surface area contributed by atoms with Crippen molar-refractivity contribution in [2.24, 2.45) is 17.8 Å². The van der Waals surface area contributed by atoms with E-state index in [0.29, 0.717) is 17.7 Å². The van der Waals surface area contributed by atoms with Gasteiger partial charge in [-0.05, 0) is 55.7 Å². The van der Waals surface area contributed by atoms with Gasteiger partial charge in [-0.15, -0.1) is 0 Å². The van der Waals surface area contributed by atoms with E-state index in [-0.39, 0.29) is 17.5 Å². The van der Waals surface area contributed by atoms with Gasteiger partial charge in [0.2, 0.25) is 0 Å². The van der Waals surface area contributed by atoms with E-state index in [1.807, 2.05) is 19.1 Å². The maximum Gasteiger partial charge on any atom is 0.419 e. The molecule has 2 aromatic rings. The van der Waals surface area contributed by atoms with Crippen LogP contribution >= 0.6 is 0 Å². The van der Waals surface area contributed by atoms with Crippen molar-refractivity contribution in [2.75, 3.05) is 0 Å². The highest BCUT2D eigenvalue weighted by Crippen LogP contribution is 2.54. The van der Waals surface area contributed by atoms with Crippen molar-refractivity contribution in [3.63, 3.8) is 0 Å². The first-order valence-electron chi connectivity index (χ1n) is 7.85. The molecule has 0 aliphatic heterocycles. The second kappa shape index (κ2) is 4.58. The Hall–Kier alpha value is -1.84. The van der Waals surface area contributed by atoms with Crippen LogP contribution < -0.4 is 5.76 Å². The molecule has 1 heterocycles. The Morgan fingerprint density at radius 3 is 2.76 bits per heavy atom. The number of aromatic nitrogens is 1. The third-order valence-corrected chi connectivity index (χ3v) is 5.01. The molecule has 0 spiro atoms. The number of nitrogens with zero attached hydrogens (tertiary/aromatic N) is 1. The molecule has 2 fully saturated rings. The minimum atomic E-state index is -0.335. The zero-order valence-electron chi connectivity index (χ0n) is 12.2. The fourth-order valence-electron chi connectivity index (χ4n) is 3.82. The van der Waals surface area contributed by atoms with E-state index in [0.717, 1.165) is 36.6 Å². The lowest BCUT2D eigenvalue weighted by atomic mass is 9.93. The van der Waals surface area contributed by atoms with Crippen LogP contribution in [-0.4, -0.2) is 10.4 Å². The molecule has 0 N–H and O–H groups in total. The first-order valence-corrected chi connectivity index (χ1v) is 7.85. The van der Waals surface area contributed by atoms with Crippen LogP contribution in [0, 0.1) is 17.8 Å². The van der Waals surface area contributed by atoms with Gasteiger partial charge in [0, 0.05) is 18.0 Å². The molecule has 1 aromatic carbocycles. The van der Waals surface area contributed by atoms with Gasteiger partial charge < -0.3 is 4.42 Å². The van der Waals surface area contributed by atoms with Crippen LogP contribution in [0.5, 0.6) is 0 Å². The van der Waals surface area contributed by atoms with E-state index in [4.69, 9.17) is 4.42 Å². The van der Waals surface area contributed by atoms with Crippen molar-refractivity contribution in [1.29, 1.82) is 0 Å². The lowest BCUT2D eigenvalue weighted by Gasteiger charge is -2.10. The first kappa shape index (κ1) is 12.9. The molecule has 110 valence electrons. The van der Waals surface area contributed by atoms with Gasteiger partial charge in [-0.1, -0.05) is 6.92 Å². The predicted octanol–water partition coefficient (Wildman–Crippen LogP) is 3.23. The van der Waals surface area contributed by atoms with Crippen LogP contribution in [0.25, 0.3) is 11.1 Å². The Balaban J connectivity index is 1.67. The molecule has 0 bridgehead atoms. The largest absolute Gasteiger partial charge is 0.419 e. The van der Waals surface area contributed by atoms with E-state index in [9.17, 15) is 9.59 Å².